The molecule has 0 saturated carbocycles. The Labute approximate surface area is 121 Å². The number of para-hydroxylation sites is 1. The molecule has 1 aromatic carbocycles. The van der Waals surface area contributed by atoms with Crippen LogP contribution in [0.3, 0.4) is 0 Å². The summed E-state index contributed by atoms with van der Waals surface area (Å²) < 4.78 is 38.9. The van der Waals surface area contributed by atoms with Gasteiger partial charge in [0.1, 0.15) is 0 Å². The molecule has 3 aromatic rings. The number of alkyl halides is 3. The average molecular weight is 307 g/mol. The maximum Gasteiger partial charge on any atom is 0.454 e. The lowest BCUT2D eigenvalue weighted by Crippen LogP contribution is -2.23. The molecule has 0 atom stereocenters. The van der Waals surface area contributed by atoms with Crippen molar-refractivity contribution in [3.05, 3.63) is 53.7 Å². The number of hydrogen-bond donors (Lipinski definition) is 1. The third-order valence-electron chi connectivity index (χ3n) is 3.37. The Bertz CT molecular complexity index is 925. The predicted octanol–water partition coefficient (Wildman–Crippen LogP) is 3.54. The molecule has 0 aliphatic carbocycles. The van der Waals surface area contributed by atoms with Gasteiger partial charge in [-0.2, -0.15) is 13.2 Å². The molecule has 2 aromatic heterocycles. The van der Waals surface area contributed by atoms with E-state index < -0.39 is 23.5 Å². The highest BCUT2D eigenvalue weighted by atomic mass is 19.4. The van der Waals surface area contributed by atoms with Crippen LogP contribution in [0.25, 0.3) is 16.4 Å². The minimum atomic E-state index is -4.98. The Morgan fingerprint density at radius 1 is 1.00 bits per heavy atom. The van der Waals surface area contributed by atoms with E-state index in [0.717, 1.165) is 12.3 Å². The van der Waals surface area contributed by atoms with Crippen LogP contribution in [0.15, 0.2) is 42.6 Å². The summed E-state index contributed by atoms with van der Waals surface area (Å²) in [5.74, 6) is -3.15. The van der Waals surface area contributed by atoms with Crippen molar-refractivity contribution in [2.75, 3.05) is 0 Å². The number of carbonyl (C=O) groups is 2. The van der Waals surface area contributed by atoms with Crippen molar-refractivity contribution in [3.8, 4) is 0 Å². The molecule has 112 valence electrons. The van der Waals surface area contributed by atoms with E-state index in [2.05, 4.69) is 0 Å². The SMILES string of the molecule is O=C(O)c1c2ccccc2n2cc(C(=O)C(F)(F)F)ccc12. The number of carbonyl (C=O) groups excluding carboxylic acids is 1. The van der Waals surface area contributed by atoms with E-state index in [0.29, 0.717) is 10.9 Å². The normalized spacial score (nSPS) is 12.0. The van der Waals surface area contributed by atoms with Gasteiger partial charge in [-0.05, 0) is 18.2 Å². The van der Waals surface area contributed by atoms with Crippen molar-refractivity contribution in [3.63, 3.8) is 0 Å². The molecular weight excluding hydrogens is 299 g/mol. The van der Waals surface area contributed by atoms with Crippen LogP contribution in [0, 0.1) is 0 Å². The Balaban J connectivity index is 2.36. The monoisotopic (exact) mass is 307 g/mol. The highest BCUT2D eigenvalue weighted by Crippen LogP contribution is 2.28. The lowest BCUT2D eigenvalue weighted by atomic mass is 10.1. The fourth-order valence-electron chi connectivity index (χ4n) is 2.46. The van der Waals surface area contributed by atoms with Crippen molar-refractivity contribution in [2.24, 2.45) is 0 Å². The zero-order valence-corrected chi connectivity index (χ0v) is 10.9. The van der Waals surface area contributed by atoms with Gasteiger partial charge in [0.25, 0.3) is 5.78 Å². The summed E-state index contributed by atoms with van der Waals surface area (Å²) in [5, 5.41) is 9.71. The number of aromatic nitrogens is 1. The van der Waals surface area contributed by atoms with Gasteiger partial charge in [0.05, 0.1) is 16.6 Å². The lowest BCUT2D eigenvalue weighted by molar-refractivity contribution is -0.0885. The number of hydrogen-bond acceptors (Lipinski definition) is 2. The molecule has 4 nitrogen and oxygen atoms in total. The number of fused-ring (bicyclic) bond motifs is 3. The Hall–Kier alpha value is -2.83. The number of ketones is 1. The molecule has 0 saturated heterocycles. The Kier molecular flexibility index (Phi) is 2.94. The summed E-state index contributed by atoms with van der Waals surface area (Å²) in [4.78, 5) is 22.7. The van der Waals surface area contributed by atoms with Gasteiger partial charge in [-0.1, -0.05) is 18.2 Å². The number of carboxylic acid groups (broad SMARTS) is 1. The number of pyridine rings is 1. The van der Waals surface area contributed by atoms with Gasteiger partial charge < -0.3 is 9.51 Å². The van der Waals surface area contributed by atoms with Crippen molar-refractivity contribution >= 4 is 28.2 Å². The van der Waals surface area contributed by atoms with Gasteiger partial charge in [-0.15, -0.1) is 0 Å². The van der Waals surface area contributed by atoms with Crippen LogP contribution >= 0.6 is 0 Å². The summed E-state index contributed by atoms with van der Waals surface area (Å²) in [7, 11) is 0. The van der Waals surface area contributed by atoms with E-state index >= 15 is 0 Å². The van der Waals surface area contributed by atoms with Gasteiger partial charge in [-0.25, -0.2) is 4.79 Å². The molecule has 0 aliphatic rings. The van der Waals surface area contributed by atoms with Gasteiger partial charge in [0.15, 0.2) is 0 Å². The second-order valence-corrected chi connectivity index (χ2v) is 4.70. The molecular formula is C15H8F3NO3. The fraction of sp³-hybridized carbons (Fsp3) is 0.0667. The lowest BCUT2D eigenvalue weighted by Gasteiger charge is -2.06. The molecule has 0 fully saturated rings. The average Bonchev–Trinajstić information content (AvgIpc) is 2.79. The molecule has 3 rings (SSSR count). The Morgan fingerprint density at radius 2 is 1.68 bits per heavy atom. The molecule has 0 aliphatic heterocycles. The molecule has 0 radical (unpaired) electrons. The third-order valence-corrected chi connectivity index (χ3v) is 3.37. The molecule has 0 amide bonds. The van der Waals surface area contributed by atoms with Gasteiger partial charge in [0.2, 0.25) is 0 Å². The molecule has 0 bridgehead atoms. The minimum absolute atomic E-state index is 0.0124. The number of nitrogens with zero attached hydrogens (tertiary/aromatic N) is 1. The first kappa shape index (κ1) is 14.1. The summed E-state index contributed by atoms with van der Waals surface area (Å²) in [6.07, 6.45) is -3.97. The summed E-state index contributed by atoms with van der Waals surface area (Å²) in [5.41, 5.74) is 0.0958. The zero-order valence-electron chi connectivity index (χ0n) is 10.9. The molecule has 0 spiro atoms. The first-order valence-corrected chi connectivity index (χ1v) is 6.18. The van der Waals surface area contributed by atoms with Crippen LogP contribution in [0.2, 0.25) is 0 Å². The number of benzene rings is 1. The highest BCUT2D eigenvalue weighted by molar-refractivity contribution is 6.11. The van der Waals surface area contributed by atoms with Gasteiger partial charge in [-0.3, -0.25) is 4.79 Å². The van der Waals surface area contributed by atoms with Gasteiger partial charge >= 0.3 is 12.1 Å². The Morgan fingerprint density at radius 3 is 2.32 bits per heavy atom. The smallest absolute Gasteiger partial charge is 0.454 e. The van der Waals surface area contributed by atoms with Crippen LogP contribution in [-0.2, 0) is 0 Å². The van der Waals surface area contributed by atoms with Crippen LogP contribution in [0.4, 0.5) is 13.2 Å². The summed E-state index contributed by atoms with van der Waals surface area (Å²) >= 11 is 0. The second-order valence-electron chi connectivity index (χ2n) is 4.70. The van der Waals surface area contributed by atoms with Gasteiger partial charge in [0, 0.05) is 17.1 Å². The van der Waals surface area contributed by atoms with Crippen molar-refractivity contribution in [1.82, 2.24) is 4.40 Å². The predicted molar refractivity (Wildman–Crippen MR) is 72.2 cm³/mol. The highest BCUT2D eigenvalue weighted by Gasteiger charge is 2.39. The number of halogens is 3. The van der Waals surface area contributed by atoms with Crippen LogP contribution in [-0.4, -0.2) is 27.4 Å². The van der Waals surface area contributed by atoms with E-state index in [9.17, 15) is 27.9 Å². The zero-order chi connectivity index (χ0) is 16.1. The standard InChI is InChI=1S/C15H8F3NO3/c16-15(17,18)13(20)8-5-6-11-12(14(21)22)9-3-1-2-4-10(9)19(11)7-8/h1-7H,(H,21,22). The largest absolute Gasteiger partial charge is 0.478 e. The van der Waals surface area contributed by atoms with E-state index in [1.807, 2.05) is 0 Å². The van der Waals surface area contributed by atoms with Crippen molar-refractivity contribution in [1.29, 1.82) is 0 Å². The fourth-order valence-corrected chi connectivity index (χ4v) is 2.46. The summed E-state index contributed by atoms with van der Waals surface area (Å²) in [6, 6.07) is 8.61. The second kappa shape index (κ2) is 4.59. The molecule has 2 heterocycles. The van der Waals surface area contributed by atoms with E-state index in [-0.39, 0.29) is 11.1 Å². The van der Waals surface area contributed by atoms with E-state index in [1.54, 1.807) is 24.3 Å². The summed E-state index contributed by atoms with van der Waals surface area (Å²) in [6.45, 7) is 0. The topological polar surface area (TPSA) is 58.8 Å². The van der Waals surface area contributed by atoms with Crippen molar-refractivity contribution in [2.45, 2.75) is 6.18 Å². The number of Topliss-reactive ketones (excluding diaryl/α,β-unsaturated/α-hetero) is 1. The first-order valence-electron chi connectivity index (χ1n) is 6.18. The number of rotatable bonds is 2. The maximum atomic E-state index is 12.5. The number of carboxylic acids is 1. The first-order chi connectivity index (χ1) is 10.3. The van der Waals surface area contributed by atoms with Crippen LogP contribution < -0.4 is 0 Å². The molecule has 22 heavy (non-hydrogen) atoms. The number of aromatic carboxylic acids is 1. The molecule has 7 heteroatoms. The minimum Gasteiger partial charge on any atom is -0.478 e. The molecule has 0 unspecified atom stereocenters. The van der Waals surface area contributed by atoms with E-state index in [1.165, 1.54) is 10.5 Å². The quantitative estimate of drug-likeness (QED) is 0.737. The van der Waals surface area contributed by atoms with E-state index in [4.69, 9.17) is 0 Å². The van der Waals surface area contributed by atoms with Crippen molar-refractivity contribution < 1.29 is 27.9 Å². The molecule has 1 N–H and O–H groups in total. The third kappa shape index (κ3) is 2.02. The van der Waals surface area contributed by atoms with Crippen LogP contribution in [0.1, 0.15) is 20.7 Å². The van der Waals surface area contributed by atoms with Crippen LogP contribution in [0.5, 0.6) is 0 Å². The maximum absolute atomic E-state index is 12.5.